The van der Waals surface area contributed by atoms with E-state index in [4.69, 9.17) is 16.7 Å². The number of carbonyl (C=O) groups is 1. The van der Waals surface area contributed by atoms with Gasteiger partial charge in [0.05, 0.1) is 5.02 Å². The second kappa shape index (κ2) is 6.57. The molecule has 3 N–H and O–H groups in total. The summed E-state index contributed by atoms with van der Waals surface area (Å²) >= 11 is 5.87. The van der Waals surface area contributed by atoms with Crippen LogP contribution in [0.4, 0.5) is 0 Å². The third-order valence-electron chi connectivity index (χ3n) is 6.63. The van der Waals surface area contributed by atoms with Crippen LogP contribution in [0.2, 0.25) is 5.02 Å². The van der Waals surface area contributed by atoms with Crippen molar-refractivity contribution in [2.24, 2.45) is 33.4 Å². The number of hydrogen-bond donors (Lipinski definition) is 2. The monoisotopic (exact) mass is 409 g/mol. The first kappa shape index (κ1) is 18.9. The predicted molar refractivity (Wildman–Crippen MR) is 104 cm³/mol. The van der Waals surface area contributed by atoms with E-state index in [0.717, 1.165) is 23.5 Å². The molecular weight excluding hydrogens is 386 g/mol. The van der Waals surface area contributed by atoms with Crippen molar-refractivity contribution in [1.82, 2.24) is 5.43 Å². The Morgan fingerprint density at radius 3 is 2.26 bits per heavy atom. The normalized spacial score (nSPS) is 32.6. The van der Waals surface area contributed by atoms with Gasteiger partial charge in [0.25, 0.3) is 5.91 Å². The second-order valence-corrected chi connectivity index (χ2v) is 10.5. The van der Waals surface area contributed by atoms with Crippen LogP contribution in [-0.4, -0.2) is 20.0 Å². The first-order valence-electron chi connectivity index (χ1n) is 9.34. The zero-order valence-corrected chi connectivity index (χ0v) is 16.8. The molecule has 4 bridgehead atoms. The minimum Gasteiger partial charge on any atom is -0.267 e. The van der Waals surface area contributed by atoms with Gasteiger partial charge in [-0.3, -0.25) is 4.79 Å². The first-order chi connectivity index (χ1) is 12.7. The Kier molecular flexibility index (Phi) is 4.60. The van der Waals surface area contributed by atoms with Gasteiger partial charge in [-0.1, -0.05) is 11.6 Å². The Labute approximate surface area is 164 Å². The number of carbonyl (C=O) groups excluding carboxylic acids is 1. The average molecular weight is 410 g/mol. The summed E-state index contributed by atoms with van der Waals surface area (Å²) in [6.45, 7) is 2.01. The van der Waals surface area contributed by atoms with E-state index in [1.807, 2.05) is 6.92 Å². The predicted octanol–water partition coefficient (Wildman–Crippen LogP) is 3.31. The summed E-state index contributed by atoms with van der Waals surface area (Å²) in [6.07, 6.45) is 7.54. The van der Waals surface area contributed by atoms with Gasteiger partial charge in [-0.2, -0.15) is 5.10 Å². The largest absolute Gasteiger partial charge is 0.271 e. The van der Waals surface area contributed by atoms with Crippen molar-refractivity contribution in [1.29, 1.82) is 0 Å². The lowest BCUT2D eigenvalue weighted by molar-refractivity contribution is -0.0128. The number of halogens is 1. The molecule has 0 spiro atoms. The highest BCUT2D eigenvalue weighted by Crippen LogP contribution is 2.60. The van der Waals surface area contributed by atoms with Crippen molar-refractivity contribution in [2.45, 2.75) is 50.3 Å². The summed E-state index contributed by atoms with van der Waals surface area (Å²) in [7, 11) is -4.00. The summed E-state index contributed by atoms with van der Waals surface area (Å²) in [4.78, 5) is 12.2. The maximum atomic E-state index is 12.5. The number of hydrazone groups is 1. The summed E-state index contributed by atoms with van der Waals surface area (Å²) in [5.74, 6) is 1.92. The number of sulfonamides is 1. The molecule has 0 saturated heterocycles. The fourth-order valence-corrected chi connectivity index (χ4v) is 6.81. The second-order valence-electron chi connectivity index (χ2n) is 8.53. The maximum absolute atomic E-state index is 12.5. The highest BCUT2D eigenvalue weighted by Gasteiger charge is 2.52. The van der Waals surface area contributed by atoms with Gasteiger partial charge in [-0.05, 0) is 81.4 Å². The van der Waals surface area contributed by atoms with Crippen LogP contribution in [0.5, 0.6) is 0 Å². The zero-order chi connectivity index (χ0) is 19.4. The molecular formula is C19H24ClN3O3S. The van der Waals surface area contributed by atoms with Crippen LogP contribution in [0.3, 0.4) is 0 Å². The van der Waals surface area contributed by atoms with Crippen LogP contribution in [-0.2, 0) is 10.0 Å². The summed E-state index contributed by atoms with van der Waals surface area (Å²) in [5, 5.41) is 9.54. The molecule has 1 aromatic rings. The quantitative estimate of drug-likeness (QED) is 0.589. The van der Waals surface area contributed by atoms with Crippen LogP contribution < -0.4 is 10.6 Å². The van der Waals surface area contributed by atoms with E-state index < -0.39 is 15.9 Å². The molecule has 0 radical (unpaired) electrons. The smallest absolute Gasteiger partial charge is 0.267 e. The number of hydrogen-bond acceptors (Lipinski definition) is 4. The number of nitrogens with one attached hydrogen (secondary N) is 1. The van der Waals surface area contributed by atoms with Crippen LogP contribution in [0, 0.1) is 23.2 Å². The minimum atomic E-state index is -4.00. The molecule has 5 rings (SSSR count). The van der Waals surface area contributed by atoms with E-state index >= 15 is 0 Å². The van der Waals surface area contributed by atoms with Crippen molar-refractivity contribution in [3.63, 3.8) is 0 Å². The van der Waals surface area contributed by atoms with Gasteiger partial charge in [0.1, 0.15) is 4.90 Å². The van der Waals surface area contributed by atoms with Gasteiger partial charge in [0.2, 0.25) is 10.0 Å². The lowest BCUT2D eigenvalue weighted by Crippen LogP contribution is -2.49. The highest BCUT2D eigenvalue weighted by atomic mass is 35.5. The molecule has 4 saturated carbocycles. The lowest BCUT2D eigenvalue weighted by atomic mass is 9.48. The van der Waals surface area contributed by atoms with Crippen molar-refractivity contribution < 1.29 is 13.2 Å². The standard InChI is InChI=1S/C19H24ClN3O3S/c1-11(19-8-12-4-13(9-19)6-14(5-12)10-19)22-23-18(24)15-2-3-16(20)17(7-15)27(21,25)26/h2-3,7,12-14H,4-6,8-10H2,1H3,(H,23,24)(H2,21,25,26)/b22-11+. The Morgan fingerprint density at radius 2 is 1.74 bits per heavy atom. The van der Waals surface area contributed by atoms with E-state index in [1.165, 1.54) is 56.7 Å². The van der Waals surface area contributed by atoms with E-state index in [-0.39, 0.29) is 20.9 Å². The molecule has 146 valence electrons. The van der Waals surface area contributed by atoms with E-state index in [9.17, 15) is 13.2 Å². The van der Waals surface area contributed by atoms with Gasteiger partial charge >= 0.3 is 0 Å². The maximum Gasteiger partial charge on any atom is 0.271 e. The molecule has 27 heavy (non-hydrogen) atoms. The molecule has 0 aromatic heterocycles. The summed E-state index contributed by atoms with van der Waals surface area (Å²) < 4.78 is 23.2. The van der Waals surface area contributed by atoms with Gasteiger partial charge < -0.3 is 0 Å². The molecule has 4 aliphatic carbocycles. The number of benzene rings is 1. The molecule has 1 aromatic carbocycles. The third-order valence-corrected chi connectivity index (χ3v) is 8.02. The molecule has 1 amide bonds. The van der Waals surface area contributed by atoms with Crippen molar-refractivity contribution in [3.8, 4) is 0 Å². The SMILES string of the molecule is C/C(=N\NC(=O)c1ccc(Cl)c(S(N)(=O)=O)c1)C12CC3CC(CC(C3)C1)C2. The highest BCUT2D eigenvalue weighted by molar-refractivity contribution is 7.89. The van der Waals surface area contributed by atoms with Gasteiger partial charge in [-0.15, -0.1) is 0 Å². The van der Waals surface area contributed by atoms with Crippen LogP contribution in [0.1, 0.15) is 55.8 Å². The Morgan fingerprint density at radius 1 is 1.19 bits per heavy atom. The Balaban J connectivity index is 1.52. The molecule has 6 nitrogen and oxygen atoms in total. The summed E-state index contributed by atoms with van der Waals surface area (Å²) in [5.41, 5.74) is 3.85. The number of amides is 1. The van der Waals surface area contributed by atoms with Gasteiger partial charge in [0.15, 0.2) is 0 Å². The molecule has 0 heterocycles. The van der Waals surface area contributed by atoms with E-state index in [2.05, 4.69) is 10.5 Å². The number of rotatable bonds is 4. The number of nitrogens with two attached hydrogens (primary N) is 1. The fraction of sp³-hybridized carbons (Fsp3) is 0.579. The zero-order valence-electron chi connectivity index (χ0n) is 15.2. The van der Waals surface area contributed by atoms with E-state index in [1.54, 1.807) is 0 Å². The van der Waals surface area contributed by atoms with Gasteiger partial charge in [-0.25, -0.2) is 19.0 Å². The fourth-order valence-electron chi connectivity index (χ4n) is 5.73. The van der Waals surface area contributed by atoms with Crippen molar-refractivity contribution in [2.75, 3.05) is 0 Å². The molecule has 4 aliphatic rings. The number of nitrogens with zero attached hydrogens (tertiary/aromatic N) is 1. The van der Waals surface area contributed by atoms with Crippen LogP contribution >= 0.6 is 11.6 Å². The Bertz CT molecular complexity index is 891. The number of primary sulfonamides is 1. The van der Waals surface area contributed by atoms with Crippen LogP contribution in [0.25, 0.3) is 0 Å². The minimum absolute atomic E-state index is 0.0118. The van der Waals surface area contributed by atoms with Crippen LogP contribution in [0.15, 0.2) is 28.2 Å². The molecule has 4 fully saturated rings. The average Bonchev–Trinajstić information content (AvgIpc) is 2.57. The molecule has 8 heteroatoms. The lowest BCUT2D eigenvalue weighted by Gasteiger charge is -2.56. The van der Waals surface area contributed by atoms with E-state index in [0.29, 0.717) is 0 Å². The topological polar surface area (TPSA) is 102 Å². The van der Waals surface area contributed by atoms with Crippen molar-refractivity contribution >= 4 is 33.2 Å². The first-order valence-corrected chi connectivity index (χ1v) is 11.3. The van der Waals surface area contributed by atoms with Crippen molar-refractivity contribution in [3.05, 3.63) is 28.8 Å². The molecule has 0 unspecified atom stereocenters. The summed E-state index contributed by atoms with van der Waals surface area (Å²) in [6, 6.07) is 4.00. The third kappa shape index (κ3) is 3.52. The molecule has 0 aliphatic heterocycles. The molecule has 0 atom stereocenters. The Hall–Kier alpha value is -1.44. The van der Waals surface area contributed by atoms with Gasteiger partial charge in [0, 0.05) is 16.7 Å².